The van der Waals surface area contributed by atoms with E-state index in [4.69, 9.17) is 0 Å². The fraction of sp³-hybridized carbons (Fsp3) is 0.250. The van der Waals surface area contributed by atoms with Gasteiger partial charge in [0.1, 0.15) is 5.82 Å². The van der Waals surface area contributed by atoms with Gasteiger partial charge in [-0.2, -0.15) is 0 Å². The second-order valence-electron chi connectivity index (χ2n) is 3.60. The number of anilines is 1. The Morgan fingerprint density at radius 1 is 1.47 bits per heavy atom. The van der Waals surface area contributed by atoms with Gasteiger partial charge >= 0.3 is 0 Å². The van der Waals surface area contributed by atoms with E-state index in [1.54, 1.807) is 17.5 Å². The van der Waals surface area contributed by atoms with Crippen LogP contribution in [0.1, 0.15) is 24.3 Å². The first kappa shape index (κ1) is 13.1. The van der Waals surface area contributed by atoms with Crippen LogP contribution in [0.4, 0.5) is 5.82 Å². The SMILES string of the molecule is CCC(Nc1ncc(Br)cc1Br)c1cccs1. The van der Waals surface area contributed by atoms with Crippen molar-refractivity contribution in [2.24, 2.45) is 0 Å². The molecule has 90 valence electrons. The number of rotatable bonds is 4. The van der Waals surface area contributed by atoms with Crippen molar-refractivity contribution < 1.29 is 0 Å². The van der Waals surface area contributed by atoms with E-state index in [1.165, 1.54) is 4.88 Å². The van der Waals surface area contributed by atoms with Crippen LogP contribution in [0.5, 0.6) is 0 Å². The highest BCUT2D eigenvalue weighted by Crippen LogP contribution is 2.30. The molecule has 0 aliphatic carbocycles. The fourth-order valence-electron chi connectivity index (χ4n) is 1.55. The number of pyridine rings is 1. The summed E-state index contributed by atoms with van der Waals surface area (Å²) in [7, 11) is 0. The van der Waals surface area contributed by atoms with E-state index in [1.807, 2.05) is 6.07 Å². The molecule has 2 aromatic heterocycles. The molecule has 0 aromatic carbocycles. The van der Waals surface area contributed by atoms with Crippen LogP contribution >= 0.6 is 43.2 Å². The molecule has 2 aromatic rings. The van der Waals surface area contributed by atoms with E-state index in [-0.39, 0.29) is 0 Å². The van der Waals surface area contributed by atoms with Crippen molar-refractivity contribution in [3.05, 3.63) is 43.6 Å². The van der Waals surface area contributed by atoms with Crippen LogP contribution in [0, 0.1) is 0 Å². The molecule has 0 radical (unpaired) electrons. The zero-order valence-electron chi connectivity index (χ0n) is 9.28. The second-order valence-corrected chi connectivity index (χ2v) is 6.35. The summed E-state index contributed by atoms with van der Waals surface area (Å²) in [5.41, 5.74) is 0. The molecule has 1 atom stereocenters. The Hall–Kier alpha value is -0.390. The number of aromatic nitrogens is 1. The average Bonchev–Trinajstić information content (AvgIpc) is 2.81. The molecule has 1 unspecified atom stereocenters. The van der Waals surface area contributed by atoms with Crippen LogP contribution in [0.15, 0.2) is 38.7 Å². The van der Waals surface area contributed by atoms with Crippen LogP contribution in [-0.4, -0.2) is 4.98 Å². The fourth-order valence-corrected chi connectivity index (χ4v) is 3.51. The minimum atomic E-state index is 0.319. The summed E-state index contributed by atoms with van der Waals surface area (Å²) in [6.45, 7) is 2.17. The van der Waals surface area contributed by atoms with E-state index in [2.05, 4.69) is 66.6 Å². The Balaban J connectivity index is 2.19. The van der Waals surface area contributed by atoms with Gasteiger partial charge in [0, 0.05) is 15.5 Å². The molecule has 0 fully saturated rings. The monoisotopic (exact) mass is 374 g/mol. The molecule has 0 saturated heterocycles. The lowest BCUT2D eigenvalue weighted by molar-refractivity contribution is 0.758. The highest BCUT2D eigenvalue weighted by atomic mass is 79.9. The van der Waals surface area contributed by atoms with Gasteiger partial charge in [-0.3, -0.25) is 0 Å². The molecule has 2 rings (SSSR count). The topological polar surface area (TPSA) is 24.9 Å². The van der Waals surface area contributed by atoms with Crippen LogP contribution in [0.2, 0.25) is 0 Å². The lowest BCUT2D eigenvalue weighted by atomic mass is 10.2. The standard InChI is InChI=1S/C12H12Br2N2S/c1-2-10(11-4-3-5-17-11)16-12-9(14)6-8(13)7-15-12/h3-7,10H,2H2,1H3,(H,15,16). The lowest BCUT2D eigenvalue weighted by Gasteiger charge is -2.17. The van der Waals surface area contributed by atoms with E-state index < -0.39 is 0 Å². The molecular formula is C12H12Br2N2S. The molecule has 0 amide bonds. The summed E-state index contributed by atoms with van der Waals surface area (Å²) in [6, 6.07) is 6.55. The molecule has 2 nitrogen and oxygen atoms in total. The third-order valence-electron chi connectivity index (χ3n) is 2.41. The molecule has 0 aliphatic rings. The van der Waals surface area contributed by atoms with Crippen molar-refractivity contribution in [2.75, 3.05) is 5.32 Å². The summed E-state index contributed by atoms with van der Waals surface area (Å²) < 4.78 is 1.95. The normalized spacial score (nSPS) is 12.4. The van der Waals surface area contributed by atoms with Crippen LogP contribution in [0.3, 0.4) is 0 Å². The average molecular weight is 376 g/mol. The number of thiophene rings is 1. The van der Waals surface area contributed by atoms with Crippen molar-refractivity contribution in [3.8, 4) is 0 Å². The molecule has 2 heterocycles. The summed E-state index contributed by atoms with van der Waals surface area (Å²) >= 11 is 8.69. The van der Waals surface area contributed by atoms with Gasteiger partial charge in [-0.1, -0.05) is 13.0 Å². The highest BCUT2D eigenvalue weighted by molar-refractivity contribution is 9.11. The first-order valence-corrected chi connectivity index (χ1v) is 7.78. The molecule has 5 heteroatoms. The zero-order valence-corrected chi connectivity index (χ0v) is 13.3. The molecule has 17 heavy (non-hydrogen) atoms. The number of hydrogen-bond donors (Lipinski definition) is 1. The van der Waals surface area contributed by atoms with Crippen molar-refractivity contribution in [1.29, 1.82) is 0 Å². The van der Waals surface area contributed by atoms with Gasteiger partial charge in [0.15, 0.2) is 0 Å². The quantitative estimate of drug-likeness (QED) is 0.791. The first-order chi connectivity index (χ1) is 8.20. The molecule has 0 spiro atoms. The number of hydrogen-bond acceptors (Lipinski definition) is 3. The Morgan fingerprint density at radius 2 is 2.29 bits per heavy atom. The summed E-state index contributed by atoms with van der Waals surface area (Å²) in [5, 5.41) is 5.56. The minimum Gasteiger partial charge on any atom is -0.362 e. The van der Waals surface area contributed by atoms with Crippen molar-refractivity contribution in [1.82, 2.24) is 4.98 Å². The first-order valence-electron chi connectivity index (χ1n) is 5.31. The van der Waals surface area contributed by atoms with Gasteiger partial charge < -0.3 is 5.32 Å². The Morgan fingerprint density at radius 3 is 2.88 bits per heavy atom. The third-order valence-corrected chi connectivity index (χ3v) is 4.44. The zero-order chi connectivity index (χ0) is 12.3. The van der Waals surface area contributed by atoms with Gasteiger partial charge in [-0.25, -0.2) is 4.98 Å². The van der Waals surface area contributed by atoms with E-state index >= 15 is 0 Å². The lowest BCUT2D eigenvalue weighted by Crippen LogP contribution is -2.09. The predicted octanol–water partition coefficient (Wildman–Crippen LogP) is 5.23. The summed E-state index contributed by atoms with van der Waals surface area (Å²) in [4.78, 5) is 5.71. The van der Waals surface area contributed by atoms with Gasteiger partial charge in [0.2, 0.25) is 0 Å². The molecule has 0 bridgehead atoms. The number of nitrogens with one attached hydrogen (secondary N) is 1. The van der Waals surface area contributed by atoms with Gasteiger partial charge in [0.05, 0.1) is 10.5 Å². The maximum atomic E-state index is 4.38. The second kappa shape index (κ2) is 5.98. The van der Waals surface area contributed by atoms with Crippen molar-refractivity contribution in [3.63, 3.8) is 0 Å². The van der Waals surface area contributed by atoms with E-state index in [0.717, 1.165) is 21.2 Å². The van der Waals surface area contributed by atoms with Crippen LogP contribution in [-0.2, 0) is 0 Å². The predicted molar refractivity (Wildman–Crippen MR) is 80.6 cm³/mol. The van der Waals surface area contributed by atoms with Crippen molar-refractivity contribution in [2.45, 2.75) is 19.4 Å². The highest BCUT2D eigenvalue weighted by Gasteiger charge is 2.12. The smallest absolute Gasteiger partial charge is 0.140 e. The molecule has 0 saturated carbocycles. The maximum Gasteiger partial charge on any atom is 0.140 e. The Kier molecular flexibility index (Phi) is 4.59. The van der Waals surface area contributed by atoms with Crippen LogP contribution in [0.25, 0.3) is 0 Å². The van der Waals surface area contributed by atoms with E-state index in [9.17, 15) is 0 Å². The third kappa shape index (κ3) is 3.30. The Bertz CT molecular complexity index is 485. The Labute approximate surface area is 122 Å². The van der Waals surface area contributed by atoms with Gasteiger partial charge in [-0.05, 0) is 55.8 Å². The molecule has 0 aliphatic heterocycles. The summed E-state index contributed by atoms with van der Waals surface area (Å²) in [5.74, 6) is 0.883. The number of nitrogens with zero attached hydrogens (tertiary/aromatic N) is 1. The largest absolute Gasteiger partial charge is 0.362 e. The minimum absolute atomic E-state index is 0.319. The molecule has 1 N–H and O–H groups in total. The van der Waals surface area contributed by atoms with Crippen LogP contribution < -0.4 is 5.32 Å². The van der Waals surface area contributed by atoms with E-state index in [0.29, 0.717) is 6.04 Å². The van der Waals surface area contributed by atoms with Gasteiger partial charge in [-0.15, -0.1) is 11.3 Å². The summed E-state index contributed by atoms with van der Waals surface area (Å²) in [6.07, 6.45) is 2.83. The van der Waals surface area contributed by atoms with Crippen molar-refractivity contribution >= 4 is 49.0 Å². The maximum absolute atomic E-state index is 4.38. The van der Waals surface area contributed by atoms with Gasteiger partial charge in [0.25, 0.3) is 0 Å². The number of halogens is 2. The molecular weight excluding hydrogens is 364 g/mol.